The average Bonchev–Trinajstić information content (AvgIpc) is 2.58. The highest BCUT2D eigenvalue weighted by Crippen LogP contribution is 2.29. The Hall–Kier alpha value is -1.25. The molecule has 4 atom stereocenters. The average molecular weight is 342 g/mol. The van der Waals surface area contributed by atoms with Crippen molar-refractivity contribution < 1.29 is 34.2 Å². The molecule has 0 amide bonds. The number of carbonyl (C=O) groups is 1. The minimum atomic E-state index is -0.987. The maximum Gasteiger partial charge on any atom is 0.306 e. The van der Waals surface area contributed by atoms with Crippen molar-refractivity contribution in [3.63, 3.8) is 0 Å². The molecular weight excluding hydrogens is 316 g/mol. The first-order valence-electron chi connectivity index (χ1n) is 8.38. The monoisotopic (exact) mass is 342 g/mol. The van der Waals surface area contributed by atoms with Crippen molar-refractivity contribution in [2.75, 3.05) is 7.11 Å². The van der Waals surface area contributed by atoms with Gasteiger partial charge in [0.2, 0.25) is 5.79 Å². The first kappa shape index (κ1) is 19.1. The summed E-state index contributed by atoms with van der Waals surface area (Å²) in [6, 6.07) is 0. The zero-order valence-corrected chi connectivity index (χ0v) is 14.2. The van der Waals surface area contributed by atoms with Crippen LogP contribution in [0.2, 0.25) is 0 Å². The van der Waals surface area contributed by atoms with Gasteiger partial charge >= 0.3 is 5.97 Å². The maximum atomic E-state index is 10.7. The van der Waals surface area contributed by atoms with E-state index in [-0.39, 0.29) is 18.6 Å². The standard InChI is InChI=1S/C17H26O7/c1-3-5-13-7-8-14(22-21-13)6-4-10-17(20-2)11-9-15(23-24-17)12-16(18)19/h7-9,11,13-15H,3-6,10,12H2,1-2H3,(H,18,19). The molecule has 7 heteroatoms. The van der Waals surface area contributed by atoms with E-state index in [1.54, 1.807) is 12.2 Å². The third-order valence-electron chi connectivity index (χ3n) is 4.03. The van der Waals surface area contributed by atoms with Gasteiger partial charge in [0.05, 0.1) is 6.42 Å². The fourth-order valence-electron chi connectivity index (χ4n) is 2.64. The predicted molar refractivity (Wildman–Crippen MR) is 84.7 cm³/mol. The first-order chi connectivity index (χ1) is 11.6. The van der Waals surface area contributed by atoms with Crippen LogP contribution >= 0.6 is 0 Å². The van der Waals surface area contributed by atoms with Crippen molar-refractivity contribution in [2.24, 2.45) is 0 Å². The molecule has 0 aromatic carbocycles. The second kappa shape index (κ2) is 9.29. The third-order valence-corrected chi connectivity index (χ3v) is 4.03. The molecule has 0 bridgehead atoms. The van der Waals surface area contributed by atoms with Gasteiger partial charge in [-0.2, -0.15) is 4.89 Å². The second-order valence-corrected chi connectivity index (χ2v) is 6.03. The summed E-state index contributed by atoms with van der Waals surface area (Å²) in [4.78, 5) is 31.8. The Morgan fingerprint density at radius 3 is 2.33 bits per heavy atom. The van der Waals surface area contributed by atoms with Crippen LogP contribution in [0.3, 0.4) is 0 Å². The van der Waals surface area contributed by atoms with Crippen molar-refractivity contribution >= 4 is 5.97 Å². The summed E-state index contributed by atoms with van der Waals surface area (Å²) in [7, 11) is 1.53. The number of carboxylic acids is 1. The van der Waals surface area contributed by atoms with Crippen LogP contribution in [0.5, 0.6) is 0 Å². The molecule has 0 aromatic heterocycles. The van der Waals surface area contributed by atoms with Gasteiger partial charge in [-0.3, -0.25) is 4.79 Å². The topological polar surface area (TPSA) is 83.5 Å². The number of carboxylic acid groups (broad SMARTS) is 1. The maximum absolute atomic E-state index is 10.7. The Morgan fingerprint density at radius 1 is 1.12 bits per heavy atom. The van der Waals surface area contributed by atoms with Crippen molar-refractivity contribution in [3.05, 3.63) is 24.3 Å². The van der Waals surface area contributed by atoms with E-state index < -0.39 is 17.9 Å². The summed E-state index contributed by atoms with van der Waals surface area (Å²) in [5.74, 6) is -1.93. The van der Waals surface area contributed by atoms with Crippen molar-refractivity contribution in [2.45, 2.75) is 69.5 Å². The SMILES string of the molecule is CCCC1C=CC(CCCC2(OC)C=CC(CC(=O)O)OO2)OO1. The summed E-state index contributed by atoms with van der Waals surface area (Å²) in [6.45, 7) is 2.11. The van der Waals surface area contributed by atoms with Crippen LogP contribution in [0, 0.1) is 0 Å². The van der Waals surface area contributed by atoms with Crippen LogP contribution in [0.1, 0.15) is 45.4 Å². The quantitative estimate of drug-likeness (QED) is 0.509. The van der Waals surface area contributed by atoms with Gasteiger partial charge in [0.25, 0.3) is 0 Å². The molecule has 24 heavy (non-hydrogen) atoms. The largest absolute Gasteiger partial charge is 0.481 e. The highest BCUT2D eigenvalue weighted by molar-refractivity contribution is 5.67. The van der Waals surface area contributed by atoms with Crippen LogP contribution in [0.4, 0.5) is 0 Å². The molecule has 0 saturated heterocycles. The lowest BCUT2D eigenvalue weighted by molar-refractivity contribution is -0.428. The van der Waals surface area contributed by atoms with E-state index in [1.807, 2.05) is 12.2 Å². The van der Waals surface area contributed by atoms with Gasteiger partial charge in [-0.15, -0.1) is 0 Å². The molecule has 2 aliphatic heterocycles. The molecule has 0 aromatic rings. The number of methoxy groups -OCH3 is 1. The minimum absolute atomic E-state index is 0.0424. The molecule has 2 aliphatic rings. The van der Waals surface area contributed by atoms with Crippen LogP contribution in [0.25, 0.3) is 0 Å². The van der Waals surface area contributed by atoms with E-state index in [2.05, 4.69) is 6.92 Å². The summed E-state index contributed by atoms with van der Waals surface area (Å²) in [5.41, 5.74) is 0. The summed E-state index contributed by atoms with van der Waals surface area (Å²) < 4.78 is 5.40. The third kappa shape index (κ3) is 5.68. The Balaban J connectivity index is 1.76. The van der Waals surface area contributed by atoms with Gasteiger partial charge in [-0.25, -0.2) is 14.7 Å². The molecule has 2 heterocycles. The molecule has 0 aliphatic carbocycles. The van der Waals surface area contributed by atoms with Gasteiger partial charge in [0.1, 0.15) is 18.3 Å². The lowest BCUT2D eigenvalue weighted by atomic mass is 10.0. The van der Waals surface area contributed by atoms with Crippen LogP contribution in [-0.4, -0.2) is 42.3 Å². The van der Waals surface area contributed by atoms with Gasteiger partial charge in [0, 0.05) is 13.5 Å². The van der Waals surface area contributed by atoms with Crippen molar-refractivity contribution in [3.8, 4) is 0 Å². The smallest absolute Gasteiger partial charge is 0.306 e. The zero-order chi connectivity index (χ0) is 17.4. The van der Waals surface area contributed by atoms with E-state index in [0.29, 0.717) is 6.42 Å². The van der Waals surface area contributed by atoms with Crippen molar-refractivity contribution in [1.82, 2.24) is 0 Å². The zero-order valence-electron chi connectivity index (χ0n) is 14.2. The van der Waals surface area contributed by atoms with Crippen LogP contribution < -0.4 is 0 Å². The van der Waals surface area contributed by atoms with Gasteiger partial charge in [0.15, 0.2) is 0 Å². The highest BCUT2D eigenvalue weighted by atomic mass is 17.2. The minimum Gasteiger partial charge on any atom is -0.481 e. The Bertz CT molecular complexity index is 462. The fraction of sp³-hybridized carbons (Fsp3) is 0.706. The second-order valence-electron chi connectivity index (χ2n) is 6.03. The van der Waals surface area contributed by atoms with Gasteiger partial charge < -0.3 is 9.84 Å². The molecular formula is C17H26O7. The number of ether oxygens (including phenoxy) is 1. The molecule has 0 saturated carbocycles. The van der Waals surface area contributed by atoms with E-state index in [0.717, 1.165) is 25.7 Å². The number of hydrogen-bond donors (Lipinski definition) is 1. The molecule has 0 radical (unpaired) electrons. The van der Waals surface area contributed by atoms with Crippen LogP contribution in [0.15, 0.2) is 24.3 Å². The number of aliphatic carboxylic acids is 1. The molecule has 7 nitrogen and oxygen atoms in total. The Kier molecular flexibility index (Phi) is 7.39. The van der Waals surface area contributed by atoms with Gasteiger partial charge in [-0.05, 0) is 25.3 Å². The molecule has 4 unspecified atom stereocenters. The van der Waals surface area contributed by atoms with Crippen LogP contribution in [-0.2, 0) is 29.1 Å². The Morgan fingerprint density at radius 2 is 1.83 bits per heavy atom. The summed E-state index contributed by atoms with van der Waals surface area (Å²) >= 11 is 0. The molecule has 136 valence electrons. The Labute approximate surface area is 142 Å². The fourth-order valence-corrected chi connectivity index (χ4v) is 2.64. The molecule has 0 fully saturated rings. The summed E-state index contributed by atoms with van der Waals surface area (Å²) in [6.07, 6.45) is 10.7. The van der Waals surface area contributed by atoms with Gasteiger partial charge in [-0.1, -0.05) is 31.6 Å². The van der Waals surface area contributed by atoms with E-state index in [4.69, 9.17) is 29.4 Å². The number of rotatable bonds is 9. The molecule has 1 N–H and O–H groups in total. The highest BCUT2D eigenvalue weighted by Gasteiger charge is 2.34. The lowest BCUT2D eigenvalue weighted by Gasteiger charge is -2.33. The predicted octanol–water partition coefficient (Wildman–Crippen LogP) is 2.92. The lowest BCUT2D eigenvalue weighted by Crippen LogP contribution is -2.38. The normalized spacial score (nSPS) is 32.8. The number of hydrogen-bond acceptors (Lipinski definition) is 6. The first-order valence-corrected chi connectivity index (χ1v) is 8.38. The van der Waals surface area contributed by atoms with E-state index >= 15 is 0 Å². The van der Waals surface area contributed by atoms with Crippen molar-refractivity contribution in [1.29, 1.82) is 0 Å². The van der Waals surface area contributed by atoms with E-state index in [1.165, 1.54) is 7.11 Å². The molecule has 2 rings (SSSR count). The van der Waals surface area contributed by atoms with E-state index in [9.17, 15) is 4.79 Å². The molecule has 0 spiro atoms. The summed E-state index contributed by atoms with van der Waals surface area (Å²) in [5, 5.41) is 8.76.